The number of amides is 1. The largest absolute Gasteiger partial charge is 0.353 e. The molecule has 1 aromatic heterocycles. The van der Waals surface area contributed by atoms with Crippen molar-refractivity contribution in [1.82, 2.24) is 15.2 Å². The molecule has 1 aliphatic carbocycles. The second-order valence-corrected chi connectivity index (χ2v) is 5.05. The summed E-state index contributed by atoms with van der Waals surface area (Å²) in [5, 5.41) is 6.39. The van der Waals surface area contributed by atoms with E-state index in [-0.39, 0.29) is 5.91 Å². The number of rotatable bonds is 7. The van der Waals surface area contributed by atoms with Gasteiger partial charge in [-0.05, 0) is 37.9 Å². The van der Waals surface area contributed by atoms with Crippen molar-refractivity contribution in [1.29, 1.82) is 0 Å². The Morgan fingerprint density at radius 1 is 1.56 bits per heavy atom. The van der Waals surface area contributed by atoms with Crippen LogP contribution in [0, 0.1) is 0 Å². The van der Waals surface area contributed by atoms with Gasteiger partial charge >= 0.3 is 0 Å². The SMILES string of the molecule is CCNC(C)c1ccn(CCC(=O)NC2CC2)c1. The summed E-state index contributed by atoms with van der Waals surface area (Å²) in [6.45, 7) is 5.99. The Morgan fingerprint density at radius 3 is 3.00 bits per heavy atom. The minimum Gasteiger partial charge on any atom is -0.353 e. The quantitative estimate of drug-likeness (QED) is 0.774. The second kappa shape index (κ2) is 6.05. The number of hydrogen-bond acceptors (Lipinski definition) is 2. The van der Waals surface area contributed by atoms with Crippen molar-refractivity contribution < 1.29 is 4.79 Å². The van der Waals surface area contributed by atoms with Crippen LogP contribution in [0.1, 0.15) is 44.7 Å². The lowest BCUT2D eigenvalue weighted by Crippen LogP contribution is -2.26. The summed E-state index contributed by atoms with van der Waals surface area (Å²) >= 11 is 0. The topological polar surface area (TPSA) is 46.1 Å². The van der Waals surface area contributed by atoms with Crippen molar-refractivity contribution >= 4 is 5.91 Å². The second-order valence-electron chi connectivity index (χ2n) is 5.05. The summed E-state index contributed by atoms with van der Waals surface area (Å²) in [5.41, 5.74) is 1.28. The first-order valence-electron chi connectivity index (χ1n) is 6.87. The minimum absolute atomic E-state index is 0.174. The molecule has 2 rings (SSSR count). The number of hydrogen-bond donors (Lipinski definition) is 2. The maximum Gasteiger partial charge on any atom is 0.222 e. The van der Waals surface area contributed by atoms with E-state index < -0.39 is 0 Å². The number of aryl methyl sites for hydroxylation is 1. The van der Waals surface area contributed by atoms with Crippen LogP contribution in [0.5, 0.6) is 0 Å². The first kappa shape index (κ1) is 13.1. The number of nitrogens with zero attached hydrogens (tertiary/aromatic N) is 1. The predicted octanol–water partition coefficient (Wildman–Crippen LogP) is 1.83. The average Bonchev–Trinajstić information content (AvgIpc) is 3.02. The van der Waals surface area contributed by atoms with Gasteiger partial charge in [-0.25, -0.2) is 0 Å². The lowest BCUT2D eigenvalue weighted by atomic mass is 10.2. The van der Waals surface area contributed by atoms with Gasteiger partial charge in [-0.3, -0.25) is 4.79 Å². The number of carbonyl (C=O) groups is 1. The van der Waals surface area contributed by atoms with Crippen LogP contribution < -0.4 is 10.6 Å². The molecule has 2 N–H and O–H groups in total. The molecule has 100 valence electrons. The molecule has 1 saturated carbocycles. The van der Waals surface area contributed by atoms with Gasteiger partial charge in [0.2, 0.25) is 5.91 Å². The van der Waals surface area contributed by atoms with Gasteiger partial charge in [0.25, 0.3) is 0 Å². The highest BCUT2D eigenvalue weighted by molar-refractivity contribution is 5.76. The zero-order valence-electron chi connectivity index (χ0n) is 11.3. The summed E-state index contributed by atoms with van der Waals surface area (Å²) in [6, 6.07) is 2.95. The van der Waals surface area contributed by atoms with Gasteiger partial charge in [0, 0.05) is 37.4 Å². The minimum atomic E-state index is 0.174. The van der Waals surface area contributed by atoms with Crippen molar-refractivity contribution in [2.45, 2.75) is 51.7 Å². The molecule has 0 saturated heterocycles. The molecule has 1 atom stereocenters. The molecule has 4 nitrogen and oxygen atoms in total. The van der Waals surface area contributed by atoms with Crippen molar-refractivity contribution in [3.63, 3.8) is 0 Å². The highest BCUT2D eigenvalue weighted by Crippen LogP contribution is 2.18. The normalized spacial score (nSPS) is 16.6. The fraction of sp³-hybridized carbons (Fsp3) is 0.643. The standard InChI is InChI=1S/C14H23N3O/c1-3-15-11(2)12-6-8-17(10-12)9-7-14(18)16-13-4-5-13/h6,8,10-11,13,15H,3-5,7,9H2,1-2H3,(H,16,18). The molecule has 0 spiro atoms. The molecule has 1 fully saturated rings. The maximum absolute atomic E-state index is 11.6. The van der Waals surface area contributed by atoms with E-state index in [0.29, 0.717) is 18.5 Å². The lowest BCUT2D eigenvalue weighted by molar-refractivity contribution is -0.121. The summed E-state index contributed by atoms with van der Waals surface area (Å²) in [4.78, 5) is 11.6. The zero-order valence-corrected chi connectivity index (χ0v) is 11.3. The van der Waals surface area contributed by atoms with E-state index in [2.05, 4.69) is 41.3 Å². The average molecular weight is 249 g/mol. The molecule has 1 unspecified atom stereocenters. The fourth-order valence-corrected chi connectivity index (χ4v) is 2.04. The molecule has 0 radical (unpaired) electrons. The molecule has 0 aliphatic heterocycles. The van der Waals surface area contributed by atoms with Crippen molar-refractivity contribution in [2.24, 2.45) is 0 Å². The molecule has 1 heterocycles. The van der Waals surface area contributed by atoms with E-state index in [1.165, 1.54) is 5.56 Å². The molecule has 1 aromatic rings. The molecule has 0 aromatic carbocycles. The van der Waals surface area contributed by atoms with Crippen LogP contribution in [0.4, 0.5) is 0 Å². The molecule has 0 bridgehead atoms. The molecule has 4 heteroatoms. The molecular weight excluding hydrogens is 226 g/mol. The van der Waals surface area contributed by atoms with E-state index in [1.807, 2.05) is 6.20 Å². The van der Waals surface area contributed by atoms with Crippen LogP contribution in [-0.2, 0) is 11.3 Å². The molecule has 1 aliphatic rings. The molecular formula is C14H23N3O. The highest BCUT2D eigenvalue weighted by atomic mass is 16.1. The molecule has 18 heavy (non-hydrogen) atoms. The van der Waals surface area contributed by atoms with Gasteiger partial charge in [0.05, 0.1) is 0 Å². The maximum atomic E-state index is 11.6. The zero-order chi connectivity index (χ0) is 13.0. The van der Waals surface area contributed by atoms with Crippen molar-refractivity contribution in [3.8, 4) is 0 Å². The van der Waals surface area contributed by atoms with E-state index in [1.54, 1.807) is 0 Å². The summed E-state index contributed by atoms with van der Waals surface area (Å²) < 4.78 is 2.09. The highest BCUT2D eigenvalue weighted by Gasteiger charge is 2.22. The number of nitrogens with one attached hydrogen (secondary N) is 2. The Bertz CT molecular complexity index is 395. The van der Waals surface area contributed by atoms with Gasteiger partial charge < -0.3 is 15.2 Å². The predicted molar refractivity (Wildman–Crippen MR) is 72.3 cm³/mol. The Kier molecular flexibility index (Phi) is 4.42. The lowest BCUT2D eigenvalue weighted by Gasteiger charge is -2.10. The first-order valence-corrected chi connectivity index (χ1v) is 6.87. The summed E-state index contributed by atoms with van der Waals surface area (Å²) in [7, 11) is 0. The Labute approximate surface area is 109 Å². The van der Waals surface area contributed by atoms with Crippen LogP contribution in [0.15, 0.2) is 18.5 Å². The molecule has 1 amide bonds. The van der Waals surface area contributed by atoms with Gasteiger partial charge in [-0.15, -0.1) is 0 Å². The third-order valence-corrected chi connectivity index (χ3v) is 3.32. The van der Waals surface area contributed by atoms with Crippen LogP contribution in [-0.4, -0.2) is 23.1 Å². The smallest absolute Gasteiger partial charge is 0.222 e. The van der Waals surface area contributed by atoms with E-state index in [9.17, 15) is 4.79 Å². The first-order chi connectivity index (χ1) is 8.69. The van der Waals surface area contributed by atoms with Crippen LogP contribution >= 0.6 is 0 Å². The van der Waals surface area contributed by atoms with Crippen molar-refractivity contribution in [2.75, 3.05) is 6.54 Å². The van der Waals surface area contributed by atoms with E-state index in [4.69, 9.17) is 0 Å². The van der Waals surface area contributed by atoms with Crippen LogP contribution in [0.2, 0.25) is 0 Å². The van der Waals surface area contributed by atoms with E-state index >= 15 is 0 Å². The Hall–Kier alpha value is -1.29. The number of aromatic nitrogens is 1. The number of carbonyl (C=O) groups excluding carboxylic acids is 1. The Balaban J connectivity index is 1.76. The van der Waals surface area contributed by atoms with E-state index in [0.717, 1.165) is 25.9 Å². The van der Waals surface area contributed by atoms with Gasteiger partial charge in [-0.1, -0.05) is 6.92 Å². The fourth-order valence-electron chi connectivity index (χ4n) is 2.04. The van der Waals surface area contributed by atoms with Crippen LogP contribution in [0.3, 0.4) is 0 Å². The van der Waals surface area contributed by atoms with Gasteiger partial charge in [0.15, 0.2) is 0 Å². The summed E-state index contributed by atoms with van der Waals surface area (Å²) in [6.07, 6.45) is 7.05. The third-order valence-electron chi connectivity index (χ3n) is 3.32. The Morgan fingerprint density at radius 2 is 2.33 bits per heavy atom. The summed E-state index contributed by atoms with van der Waals surface area (Å²) in [5.74, 6) is 0.174. The van der Waals surface area contributed by atoms with Crippen molar-refractivity contribution in [3.05, 3.63) is 24.0 Å². The third kappa shape index (κ3) is 3.88. The van der Waals surface area contributed by atoms with Gasteiger partial charge in [0.1, 0.15) is 0 Å². The monoisotopic (exact) mass is 249 g/mol. The van der Waals surface area contributed by atoms with Gasteiger partial charge in [-0.2, -0.15) is 0 Å². The van der Waals surface area contributed by atoms with Crippen LogP contribution in [0.25, 0.3) is 0 Å².